The molecule has 2 nitrogen and oxygen atoms in total. The first-order chi connectivity index (χ1) is 9.72. The predicted octanol–water partition coefficient (Wildman–Crippen LogP) is 3.69. The molecule has 1 aromatic carbocycles. The van der Waals surface area contributed by atoms with Crippen LogP contribution < -0.4 is 0 Å². The van der Waals surface area contributed by atoms with E-state index in [1.165, 1.54) is 16.0 Å². The SMILES string of the molecule is Cc1ccc(C(=O)CCN2CCc3sccc3C2)cc1. The molecule has 1 aromatic heterocycles. The van der Waals surface area contributed by atoms with Crippen LogP contribution in [0.25, 0.3) is 0 Å². The fourth-order valence-electron chi connectivity index (χ4n) is 2.64. The maximum absolute atomic E-state index is 12.2. The lowest BCUT2D eigenvalue weighted by molar-refractivity contribution is 0.0961. The van der Waals surface area contributed by atoms with Crippen LogP contribution in [0.5, 0.6) is 0 Å². The molecule has 0 atom stereocenters. The van der Waals surface area contributed by atoms with Crippen LogP contribution in [-0.2, 0) is 13.0 Å². The van der Waals surface area contributed by atoms with Crippen LogP contribution in [0.2, 0.25) is 0 Å². The summed E-state index contributed by atoms with van der Waals surface area (Å²) in [5.41, 5.74) is 3.48. The molecule has 3 heteroatoms. The smallest absolute Gasteiger partial charge is 0.164 e. The normalized spacial score (nSPS) is 15.1. The lowest BCUT2D eigenvalue weighted by Crippen LogP contribution is -2.31. The fourth-order valence-corrected chi connectivity index (χ4v) is 3.53. The Morgan fingerprint density at radius 3 is 2.85 bits per heavy atom. The summed E-state index contributed by atoms with van der Waals surface area (Å²) >= 11 is 1.86. The number of carbonyl (C=O) groups excluding carboxylic acids is 1. The Kier molecular flexibility index (Phi) is 3.99. The van der Waals surface area contributed by atoms with Crippen molar-refractivity contribution in [2.45, 2.75) is 26.3 Å². The van der Waals surface area contributed by atoms with Crippen LogP contribution in [0.15, 0.2) is 35.7 Å². The van der Waals surface area contributed by atoms with E-state index in [1.54, 1.807) is 0 Å². The monoisotopic (exact) mass is 285 g/mol. The maximum Gasteiger partial charge on any atom is 0.164 e. The first-order valence-electron chi connectivity index (χ1n) is 7.10. The van der Waals surface area contributed by atoms with E-state index in [9.17, 15) is 4.79 Å². The topological polar surface area (TPSA) is 20.3 Å². The molecule has 0 saturated carbocycles. The Hall–Kier alpha value is -1.45. The van der Waals surface area contributed by atoms with Gasteiger partial charge < -0.3 is 0 Å². The highest BCUT2D eigenvalue weighted by molar-refractivity contribution is 7.10. The van der Waals surface area contributed by atoms with Gasteiger partial charge in [0, 0.05) is 36.5 Å². The molecule has 0 radical (unpaired) electrons. The van der Waals surface area contributed by atoms with Gasteiger partial charge >= 0.3 is 0 Å². The van der Waals surface area contributed by atoms with Gasteiger partial charge in [-0.15, -0.1) is 11.3 Å². The zero-order valence-corrected chi connectivity index (χ0v) is 12.6. The van der Waals surface area contributed by atoms with Crippen molar-refractivity contribution in [3.63, 3.8) is 0 Å². The molecule has 0 bridgehead atoms. The zero-order chi connectivity index (χ0) is 13.9. The number of aryl methyl sites for hydroxylation is 1. The van der Waals surface area contributed by atoms with Crippen molar-refractivity contribution in [2.75, 3.05) is 13.1 Å². The second-order valence-electron chi connectivity index (χ2n) is 5.43. The van der Waals surface area contributed by atoms with Crippen LogP contribution in [0, 0.1) is 6.92 Å². The maximum atomic E-state index is 12.2. The molecule has 0 unspecified atom stereocenters. The number of carbonyl (C=O) groups is 1. The van der Waals surface area contributed by atoms with Crippen LogP contribution in [0.3, 0.4) is 0 Å². The second kappa shape index (κ2) is 5.90. The van der Waals surface area contributed by atoms with E-state index >= 15 is 0 Å². The molecule has 0 N–H and O–H groups in total. The summed E-state index contributed by atoms with van der Waals surface area (Å²) in [4.78, 5) is 16.1. The number of fused-ring (bicyclic) bond motifs is 1. The summed E-state index contributed by atoms with van der Waals surface area (Å²) in [5, 5.41) is 2.17. The Morgan fingerprint density at radius 1 is 1.25 bits per heavy atom. The molecule has 0 spiro atoms. The van der Waals surface area contributed by atoms with Gasteiger partial charge in [0.1, 0.15) is 0 Å². The summed E-state index contributed by atoms with van der Waals surface area (Å²) in [5.74, 6) is 0.251. The van der Waals surface area contributed by atoms with E-state index < -0.39 is 0 Å². The van der Waals surface area contributed by atoms with E-state index in [0.29, 0.717) is 6.42 Å². The molecule has 0 saturated heterocycles. The number of ketones is 1. The molecule has 2 aromatic rings. The number of rotatable bonds is 4. The van der Waals surface area contributed by atoms with Gasteiger partial charge in [-0.3, -0.25) is 9.69 Å². The lowest BCUT2D eigenvalue weighted by atomic mass is 10.1. The van der Waals surface area contributed by atoms with Gasteiger partial charge in [-0.2, -0.15) is 0 Å². The molecule has 3 rings (SSSR count). The summed E-state index contributed by atoms with van der Waals surface area (Å²) in [6.07, 6.45) is 1.74. The van der Waals surface area contributed by atoms with Crippen LogP contribution >= 0.6 is 11.3 Å². The third kappa shape index (κ3) is 3.00. The van der Waals surface area contributed by atoms with Crippen molar-refractivity contribution >= 4 is 17.1 Å². The quantitative estimate of drug-likeness (QED) is 0.799. The molecule has 20 heavy (non-hydrogen) atoms. The standard InChI is InChI=1S/C17H19NOS/c1-13-2-4-14(5-3-13)16(19)6-9-18-10-7-17-15(12-18)8-11-20-17/h2-5,8,11H,6-7,9-10,12H2,1H3. The molecule has 1 aliphatic rings. The lowest BCUT2D eigenvalue weighted by Gasteiger charge is -2.26. The second-order valence-corrected chi connectivity index (χ2v) is 6.44. The van der Waals surface area contributed by atoms with E-state index in [0.717, 1.165) is 31.6 Å². The average Bonchev–Trinajstić information content (AvgIpc) is 2.93. The Morgan fingerprint density at radius 2 is 2.05 bits per heavy atom. The van der Waals surface area contributed by atoms with Crippen LogP contribution in [-0.4, -0.2) is 23.8 Å². The third-order valence-electron chi connectivity index (χ3n) is 3.92. The predicted molar refractivity (Wildman–Crippen MR) is 83.4 cm³/mol. The number of hydrogen-bond acceptors (Lipinski definition) is 3. The fraction of sp³-hybridized carbons (Fsp3) is 0.353. The number of nitrogens with zero attached hydrogens (tertiary/aromatic N) is 1. The van der Waals surface area contributed by atoms with E-state index in [4.69, 9.17) is 0 Å². The van der Waals surface area contributed by atoms with Crippen molar-refractivity contribution in [1.29, 1.82) is 0 Å². The molecular weight excluding hydrogens is 266 g/mol. The number of hydrogen-bond donors (Lipinski definition) is 0. The Balaban J connectivity index is 1.55. The van der Waals surface area contributed by atoms with Crippen LogP contribution in [0.1, 0.15) is 32.8 Å². The van der Waals surface area contributed by atoms with Crippen molar-refractivity contribution in [3.8, 4) is 0 Å². The van der Waals surface area contributed by atoms with Crippen molar-refractivity contribution < 1.29 is 4.79 Å². The summed E-state index contributed by atoms with van der Waals surface area (Å²) in [7, 11) is 0. The van der Waals surface area contributed by atoms with Gasteiger partial charge in [0.2, 0.25) is 0 Å². The average molecular weight is 285 g/mol. The van der Waals surface area contributed by atoms with Gasteiger partial charge in [0.15, 0.2) is 5.78 Å². The largest absolute Gasteiger partial charge is 0.298 e. The summed E-state index contributed by atoms with van der Waals surface area (Å²) in [6.45, 7) is 4.98. The number of Topliss-reactive ketones (excluding diaryl/α,β-unsaturated/α-hetero) is 1. The molecule has 0 aliphatic carbocycles. The summed E-state index contributed by atoms with van der Waals surface area (Å²) in [6, 6.07) is 10.1. The van der Waals surface area contributed by atoms with Gasteiger partial charge in [-0.05, 0) is 30.4 Å². The minimum absolute atomic E-state index is 0.251. The van der Waals surface area contributed by atoms with Gasteiger partial charge in [0.05, 0.1) is 0 Å². The molecular formula is C17H19NOS. The van der Waals surface area contributed by atoms with Crippen LogP contribution in [0.4, 0.5) is 0 Å². The first kappa shape index (κ1) is 13.5. The van der Waals surface area contributed by atoms with Gasteiger partial charge in [0.25, 0.3) is 0 Å². The molecule has 0 fully saturated rings. The molecule has 104 valence electrons. The van der Waals surface area contributed by atoms with E-state index in [-0.39, 0.29) is 5.78 Å². The zero-order valence-electron chi connectivity index (χ0n) is 11.8. The highest BCUT2D eigenvalue weighted by Crippen LogP contribution is 2.24. The van der Waals surface area contributed by atoms with E-state index in [2.05, 4.69) is 16.3 Å². The van der Waals surface area contributed by atoms with Gasteiger partial charge in [-0.25, -0.2) is 0 Å². The Bertz CT molecular complexity index is 600. The molecule has 2 heterocycles. The van der Waals surface area contributed by atoms with Crippen molar-refractivity contribution in [3.05, 3.63) is 57.3 Å². The molecule has 0 amide bonds. The highest BCUT2D eigenvalue weighted by Gasteiger charge is 2.17. The van der Waals surface area contributed by atoms with Crippen molar-refractivity contribution in [2.24, 2.45) is 0 Å². The minimum atomic E-state index is 0.251. The third-order valence-corrected chi connectivity index (χ3v) is 4.94. The van der Waals surface area contributed by atoms with E-state index in [1.807, 2.05) is 42.5 Å². The highest BCUT2D eigenvalue weighted by atomic mass is 32.1. The minimum Gasteiger partial charge on any atom is -0.298 e. The molecule has 1 aliphatic heterocycles. The summed E-state index contributed by atoms with van der Waals surface area (Å²) < 4.78 is 0. The number of thiophene rings is 1. The first-order valence-corrected chi connectivity index (χ1v) is 7.98. The van der Waals surface area contributed by atoms with Crippen molar-refractivity contribution in [1.82, 2.24) is 4.90 Å². The van der Waals surface area contributed by atoms with Gasteiger partial charge in [-0.1, -0.05) is 29.8 Å². The number of benzene rings is 1. The Labute approximate surface area is 124 Å².